The molecular weight excluding hydrogens is 491 g/mol. The van der Waals surface area contributed by atoms with Crippen LogP contribution in [0.15, 0.2) is 64.9 Å². The van der Waals surface area contributed by atoms with Crippen molar-refractivity contribution in [2.75, 3.05) is 25.6 Å². The molecule has 3 aromatic rings. The van der Waals surface area contributed by atoms with Gasteiger partial charge in [-0.05, 0) is 80.7 Å². The fourth-order valence-corrected chi connectivity index (χ4v) is 3.44. The van der Waals surface area contributed by atoms with Crippen LogP contribution in [0.4, 0.5) is 15.2 Å². The zero-order valence-electron chi connectivity index (χ0n) is 22.1. The number of anilines is 1. The molecule has 1 aliphatic rings. The number of hydrogen-bond donors (Lipinski definition) is 2. The normalized spacial score (nSPS) is 13.7. The van der Waals surface area contributed by atoms with Crippen molar-refractivity contribution in [2.24, 2.45) is 0 Å². The predicted octanol–water partition coefficient (Wildman–Crippen LogP) is 5.02. The summed E-state index contributed by atoms with van der Waals surface area (Å²) in [4.78, 5) is 11.8. The number of benzene rings is 2. The molecule has 0 aliphatic heterocycles. The van der Waals surface area contributed by atoms with Gasteiger partial charge in [0.2, 0.25) is 0 Å². The van der Waals surface area contributed by atoms with Gasteiger partial charge in [-0.25, -0.2) is 14.5 Å². The molecule has 1 amide bonds. The van der Waals surface area contributed by atoms with E-state index in [9.17, 15) is 9.18 Å². The molecule has 2 aromatic carbocycles. The Hall–Kier alpha value is -4.08. The minimum atomic E-state index is -0.631. The van der Waals surface area contributed by atoms with Gasteiger partial charge < -0.3 is 23.9 Å². The van der Waals surface area contributed by atoms with Gasteiger partial charge in [0.05, 0.1) is 19.5 Å². The summed E-state index contributed by atoms with van der Waals surface area (Å²) in [7, 11) is 1.64. The monoisotopic (exact) mass is 525 g/mol. The van der Waals surface area contributed by atoms with E-state index >= 15 is 0 Å². The van der Waals surface area contributed by atoms with Crippen molar-refractivity contribution in [2.45, 2.75) is 51.8 Å². The number of halogens is 1. The Bertz CT molecular complexity index is 1250. The standard InChI is InChI=1S/C28H33FN4O5/c1-28(2,3)38-27(34)30-16-20(15-29)18-36-24-13-7-21(8-14-24)25-32-33(26(37-25)31-22-9-10-22)17-19-5-11-23(35-4)12-6-19/h5-8,11-15,22H,9-10,16-18H2,1-4H3,(H,30,34)/p+1/b20-15+. The van der Waals surface area contributed by atoms with E-state index in [1.54, 1.807) is 40.0 Å². The highest BCUT2D eigenvalue weighted by Gasteiger charge is 2.32. The zero-order chi connectivity index (χ0) is 27.1. The number of alkyl carbamates (subject to hydrolysis) is 1. The topological polar surface area (TPSA) is 98.7 Å². The van der Waals surface area contributed by atoms with Crippen molar-refractivity contribution in [1.82, 2.24) is 10.4 Å². The molecule has 202 valence electrons. The highest BCUT2D eigenvalue weighted by molar-refractivity contribution is 5.68. The minimum Gasteiger partial charge on any atom is -0.497 e. The van der Waals surface area contributed by atoms with Crippen molar-refractivity contribution < 1.29 is 32.5 Å². The quantitative estimate of drug-likeness (QED) is 0.339. The maximum absolute atomic E-state index is 13.3. The SMILES string of the molecule is COc1ccc(C[n+]2nc(-c3ccc(OC/C(=C/F)CNC(=O)OC(C)(C)C)cc3)oc2NC2CC2)cc1. The molecule has 0 atom stereocenters. The minimum absolute atomic E-state index is 0.0230. The lowest BCUT2D eigenvalue weighted by atomic mass is 10.2. The molecule has 1 aliphatic carbocycles. The van der Waals surface area contributed by atoms with Gasteiger partial charge in [0, 0.05) is 17.7 Å². The molecule has 0 spiro atoms. The Morgan fingerprint density at radius 3 is 2.42 bits per heavy atom. The highest BCUT2D eigenvalue weighted by Crippen LogP contribution is 2.27. The summed E-state index contributed by atoms with van der Waals surface area (Å²) in [5.41, 5.74) is 1.48. The molecule has 2 N–H and O–H groups in total. The number of nitrogens with one attached hydrogen (secondary N) is 2. The summed E-state index contributed by atoms with van der Waals surface area (Å²) in [6.07, 6.45) is 2.02. The average molecular weight is 526 g/mol. The van der Waals surface area contributed by atoms with Gasteiger partial charge in [-0.1, -0.05) is 16.8 Å². The summed E-state index contributed by atoms with van der Waals surface area (Å²) in [6.45, 7) is 5.77. The van der Waals surface area contributed by atoms with Crippen LogP contribution in [-0.2, 0) is 11.3 Å². The Labute approximate surface area is 221 Å². The fourth-order valence-electron chi connectivity index (χ4n) is 3.44. The average Bonchev–Trinajstić information content (AvgIpc) is 3.63. The fraction of sp³-hybridized carbons (Fsp3) is 0.393. The lowest BCUT2D eigenvalue weighted by Crippen LogP contribution is -2.39. The second-order valence-corrected chi connectivity index (χ2v) is 10.1. The molecule has 1 heterocycles. The van der Waals surface area contributed by atoms with Crippen LogP contribution in [-0.4, -0.2) is 43.1 Å². The van der Waals surface area contributed by atoms with Gasteiger partial charge in [-0.3, -0.25) is 0 Å². The first kappa shape index (κ1) is 27.0. The van der Waals surface area contributed by atoms with E-state index in [1.807, 2.05) is 41.1 Å². The number of carbonyl (C=O) groups excluding carboxylic acids is 1. The largest absolute Gasteiger partial charge is 0.497 e. The number of methoxy groups -OCH3 is 1. The molecule has 4 rings (SSSR count). The summed E-state index contributed by atoms with van der Waals surface area (Å²) in [6, 6.07) is 16.0. The molecule has 1 saturated carbocycles. The van der Waals surface area contributed by atoms with Crippen LogP contribution >= 0.6 is 0 Å². The van der Waals surface area contributed by atoms with E-state index in [1.165, 1.54) is 0 Å². The van der Waals surface area contributed by atoms with Crippen LogP contribution in [0.25, 0.3) is 11.5 Å². The number of hydrogen-bond acceptors (Lipinski definition) is 7. The Morgan fingerprint density at radius 1 is 1.13 bits per heavy atom. The zero-order valence-corrected chi connectivity index (χ0v) is 22.1. The predicted molar refractivity (Wildman–Crippen MR) is 140 cm³/mol. The first-order valence-electron chi connectivity index (χ1n) is 12.5. The van der Waals surface area contributed by atoms with Gasteiger partial charge >= 0.3 is 12.1 Å². The smallest absolute Gasteiger partial charge is 0.477 e. The van der Waals surface area contributed by atoms with Crippen molar-refractivity contribution in [3.05, 3.63) is 66.0 Å². The van der Waals surface area contributed by atoms with Crippen molar-refractivity contribution >= 4 is 12.1 Å². The van der Waals surface area contributed by atoms with Crippen LogP contribution in [0, 0.1) is 0 Å². The summed E-state index contributed by atoms with van der Waals surface area (Å²) >= 11 is 0. The third-order valence-electron chi connectivity index (χ3n) is 5.57. The summed E-state index contributed by atoms with van der Waals surface area (Å²) < 4.78 is 37.3. The number of ether oxygens (including phenoxy) is 3. The van der Waals surface area contributed by atoms with E-state index in [2.05, 4.69) is 15.7 Å². The maximum Gasteiger partial charge on any atom is 0.477 e. The molecule has 38 heavy (non-hydrogen) atoms. The Balaban J connectivity index is 1.37. The molecule has 1 fully saturated rings. The van der Waals surface area contributed by atoms with E-state index in [4.69, 9.17) is 18.6 Å². The van der Waals surface area contributed by atoms with E-state index in [-0.39, 0.29) is 18.7 Å². The number of carbonyl (C=O) groups is 1. The molecule has 0 saturated heterocycles. The number of aromatic nitrogens is 2. The molecule has 10 heteroatoms. The number of amides is 1. The first-order valence-corrected chi connectivity index (χ1v) is 12.5. The van der Waals surface area contributed by atoms with Crippen LogP contribution in [0.2, 0.25) is 0 Å². The van der Waals surface area contributed by atoms with Gasteiger partial charge in [0.25, 0.3) is 5.89 Å². The van der Waals surface area contributed by atoms with Gasteiger partial charge in [-0.2, -0.15) is 0 Å². The Kier molecular flexibility index (Phi) is 8.50. The summed E-state index contributed by atoms with van der Waals surface area (Å²) in [5.74, 6) is 1.81. The van der Waals surface area contributed by atoms with Gasteiger partial charge in [-0.15, -0.1) is 0 Å². The third kappa shape index (κ3) is 7.96. The van der Waals surface area contributed by atoms with Crippen LogP contribution in [0.3, 0.4) is 0 Å². The first-order chi connectivity index (χ1) is 18.2. The van der Waals surface area contributed by atoms with Crippen LogP contribution in [0.1, 0.15) is 39.2 Å². The van der Waals surface area contributed by atoms with Crippen LogP contribution < -0.4 is 24.8 Å². The maximum atomic E-state index is 13.3. The Morgan fingerprint density at radius 2 is 1.82 bits per heavy atom. The molecule has 0 unspecified atom stereocenters. The van der Waals surface area contributed by atoms with Crippen molar-refractivity contribution in [3.63, 3.8) is 0 Å². The van der Waals surface area contributed by atoms with E-state index in [0.717, 1.165) is 29.7 Å². The van der Waals surface area contributed by atoms with Crippen LogP contribution in [0.5, 0.6) is 11.5 Å². The summed E-state index contributed by atoms with van der Waals surface area (Å²) in [5, 5.41) is 10.6. The van der Waals surface area contributed by atoms with E-state index in [0.29, 0.717) is 36.6 Å². The second kappa shape index (κ2) is 12.0. The van der Waals surface area contributed by atoms with Gasteiger partial charge in [0.15, 0.2) is 0 Å². The number of nitrogens with zero attached hydrogens (tertiary/aromatic N) is 2. The second-order valence-electron chi connectivity index (χ2n) is 10.1. The lowest BCUT2D eigenvalue weighted by molar-refractivity contribution is -0.732. The molecule has 9 nitrogen and oxygen atoms in total. The molecular formula is C28H34FN4O5+. The van der Waals surface area contributed by atoms with Gasteiger partial charge in [0.1, 0.15) is 30.3 Å². The molecule has 1 aromatic heterocycles. The highest BCUT2D eigenvalue weighted by atomic mass is 19.1. The van der Waals surface area contributed by atoms with Crippen molar-refractivity contribution in [3.8, 4) is 23.0 Å². The van der Waals surface area contributed by atoms with Crippen molar-refractivity contribution in [1.29, 1.82) is 0 Å². The lowest BCUT2D eigenvalue weighted by Gasteiger charge is -2.20. The van der Waals surface area contributed by atoms with E-state index < -0.39 is 11.7 Å². The third-order valence-corrected chi connectivity index (χ3v) is 5.57. The molecule has 0 bridgehead atoms. The number of rotatable bonds is 11. The molecule has 0 radical (unpaired) electrons.